The third kappa shape index (κ3) is 4.41. The summed E-state index contributed by atoms with van der Waals surface area (Å²) < 4.78 is 5.56. The number of benzene rings is 2. The van der Waals surface area contributed by atoms with E-state index in [9.17, 15) is 9.90 Å². The maximum absolute atomic E-state index is 13.2. The van der Waals surface area contributed by atoms with Gasteiger partial charge in [0.2, 0.25) is 0 Å². The Balaban J connectivity index is 1.46. The molecule has 4 atom stereocenters. The first-order chi connectivity index (χ1) is 16.0. The predicted molar refractivity (Wildman–Crippen MR) is 130 cm³/mol. The molecule has 176 valence electrons. The highest BCUT2D eigenvalue weighted by molar-refractivity contribution is 5.94. The lowest BCUT2D eigenvalue weighted by Crippen LogP contribution is -2.61. The molecule has 5 rings (SSSR count). The summed E-state index contributed by atoms with van der Waals surface area (Å²) in [5.41, 5.74) is 1.77. The largest absolute Gasteiger partial charge is 0.497 e. The van der Waals surface area contributed by atoms with Gasteiger partial charge < -0.3 is 19.6 Å². The van der Waals surface area contributed by atoms with Gasteiger partial charge in [-0.2, -0.15) is 0 Å². The van der Waals surface area contributed by atoms with Gasteiger partial charge in [0.25, 0.3) is 5.91 Å². The summed E-state index contributed by atoms with van der Waals surface area (Å²) in [5, 5.41) is 11.5. The van der Waals surface area contributed by atoms with Crippen LogP contribution in [-0.2, 0) is 5.41 Å². The molecule has 0 bridgehead atoms. The predicted octanol–water partition coefficient (Wildman–Crippen LogP) is 3.96. The molecule has 4 unspecified atom stereocenters. The minimum Gasteiger partial charge on any atom is -0.497 e. The summed E-state index contributed by atoms with van der Waals surface area (Å²) in [7, 11) is 3.60. The number of likely N-dealkylation sites (tertiary alicyclic amines) is 1. The van der Waals surface area contributed by atoms with Crippen LogP contribution in [0.25, 0.3) is 0 Å². The number of aliphatic hydroxyl groups excluding tert-OH is 1. The second-order valence-electron chi connectivity index (χ2n) is 10.4. The van der Waals surface area contributed by atoms with E-state index in [1.54, 1.807) is 7.11 Å². The highest BCUT2D eigenvalue weighted by Crippen LogP contribution is 2.51. The Morgan fingerprint density at radius 2 is 1.97 bits per heavy atom. The highest BCUT2D eigenvalue weighted by Gasteiger charge is 2.53. The number of piperidine rings is 1. The van der Waals surface area contributed by atoms with Gasteiger partial charge in [-0.05, 0) is 74.4 Å². The van der Waals surface area contributed by atoms with Crippen molar-refractivity contribution in [2.75, 3.05) is 33.8 Å². The van der Waals surface area contributed by atoms with Crippen molar-refractivity contribution in [3.8, 4) is 5.75 Å². The SMILES string of the molecule is COc1cccc(C23CCN(CC4CC4)CC2C(O)CC(N(C)C(=O)c2ccccc2)C3)c1. The van der Waals surface area contributed by atoms with Gasteiger partial charge >= 0.3 is 0 Å². The molecule has 1 heterocycles. The van der Waals surface area contributed by atoms with E-state index in [-0.39, 0.29) is 23.3 Å². The summed E-state index contributed by atoms with van der Waals surface area (Å²) in [6.07, 6.45) is 4.75. The molecule has 0 aromatic heterocycles. The van der Waals surface area contributed by atoms with E-state index in [1.807, 2.05) is 48.3 Å². The van der Waals surface area contributed by atoms with Crippen LogP contribution in [0.1, 0.15) is 48.0 Å². The molecule has 5 nitrogen and oxygen atoms in total. The summed E-state index contributed by atoms with van der Waals surface area (Å²) in [6, 6.07) is 17.9. The van der Waals surface area contributed by atoms with E-state index in [0.717, 1.165) is 44.1 Å². The number of ether oxygens (including phenoxy) is 1. The lowest BCUT2D eigenvalue weighted by Gasteiger charge is -2.56. The topological polar surface area (TPSA) is 53.0 Å². The van der Waals surface area contributed by atoms with Gasteiger partial charge in [0.15, 0.2) is 0 Å². The van der Waals surface area contributed by atoms with Gasteiger partial charge in [0.05, 0.1) is 13.2 Å². The summed E-state index contributed by atoms with van der Waals surface area (Å²) in [6.45, 7) is 3.13. The third-order valence-corrected chi connectivity index (χ3v) is 8.36. The number of amides is 1. The number of carbonyl (C=O) groups is 1. The Kier molecular flexibility index (Phi) is 6.19. The molecular weight excluding hydrogens is 412 g/mol. The van der Waals surface area contributed by atoms with Crippen molar-refractivity contribution in [2.45, 2.75) is 49.7 Å². The Bertz CT molecular complexity index is 976. The van der Waals surface area contributed by atoms with Gasteiger partial charge in [0.1, 0.15) is 5.75 Å². The lowest BCUT2D eigenvalue weighted by molar-refractivity contribution is -0.0618. The molecule has 5 heteroatoms. The molecular formula is C28H36N2O3. The smallest absolute Gasteiger partial charge is 0.253 e. The van der Waals surface area contributed by atoms with Crippen LogP contribution in [0.5, 0.6) is 5.75 Å². The Labute approximate surface area is 197 Å². The molecule has 1 saturated heterocycles. The maximum atomic E-state index is 13.2. The molecule has 33 heavy (non-hydrogen) atoms. The van der Waals surface area contributed by atoms with Gasteiger partial charge in [-0.1, -0.05) is 30.3 Å². The second kappa shape index (κ2) is 9.11. The van der Waals surface area contributed by atoms with Crippen LogP contribution in [0, 0.1) is 11.8 Å². The molecule has 2 aromatic rings. The molecule has 1 amide bonds. The Morgan fingerprint density at radius 3 is 2.70 bits per heavy atom. The van der Waals surface area contributed by atoms with Crippen molar-refractivity contribution in [3.63, 3.8) is 0 Å². The van der Waals surface area contributed by atoms with E-state index in [4.69, 9.17) is 4.74 Å². The van der Waals surface area contributed by atoms with Crippen LogP contribution in [0.15, 0.2) is 54.6 Å². The van der Waals surface area contributed by atoms with Crippen molar-refractivity contribution < 1.29 is 14.6 Å². The quantitative estimate of drug-likeness (QED) is 0.727. The van der Waals surface area contributed by atoms with Crippen LogP contribution in [0.4, 0.5) is 0 Å². The van der Waals surface area contributed by atoms with Crippen LogP contribution >= 0.6 is 0 Å². The maximum Gasteiger partial charge on any atom is 0.253 e. The zero-order valence-corrected chi connectivity index (χ0v) is 19.8. The van der Waals surface area contributed by atoms with Crippen molar-refractivity contribution in [1.29, 1.82) is 0 Å². The third-order valence-electron chi connectivity index (χ3n) is 8.36. The van der Waals surface area contributed by atoms with Gasteiger partial charge in [-0.3, -0.25) is 4.79 Å². The number of nitrogens with zero attached hydrogens (tertiary/aromatic N) is 2. The minimum absolute atomic E-state index is 0.00913. The number of carbonyl (C=O) groups excluding carboxylic acids is 1. The van der Waals surface area contributed by atoms with Gasteiger partial charge in [-0.25, -0.2) is 0 Å². The van der Waals surface area contributed by atoms with Crippen molar-refractivity contribution >= 4 is 5.91 Å². The molecule has 2 aromatic carbocycles. The van der Waals surface area contributed by atoms with Crippen LogP contribution in [-0.4, -0.2) is 66.8 Å². The number of aliphatic hydroxyl groups is 1. The highest BCUT2D eigenvalue weighted by atomic mass is 16.5. The van der Waals surface area contributed by atoms with Gasteiger partial charge in [0, 0.05) is 43.1 Å². The lowest BCUT2D eigenvalue weighted by atomic mass is 9.56. The number of methoxy groups -OCH3 is 1. The van der Waals surface area contributed by atoms with Gasteiger partial charge in [-0.15, -0.1) is 0 Å². The molecule has 3 aliphatic rings. The number of rotatable bonds is 6. The molecule has 0 radical (unpaired) electrons. The van der Waals surface area contributed by atoms with E-state index >= 15 is 0 Å². The number of hydrogen-bond acceptors (Lipinski definition) is 4. The minimum atomic E-state index is -0.442. The van der Waals surface area contributed by atoms with Crippen molar-refractivity contribution in [1.82, 2.24) is 9.80 Å². The molecule has 1 N–H and O–H groups in total. The summed E-state index contributed by atoms with van der Waals surface area (Å²) in [5.74, 6) is 1.88. The number of fused-ring (bicyclic) bond motifs is 1. The van der Waals surface area contributed by atoms with Crippen molar-refractivity contribution in [3.05, 3.63) is 65.7 Å². The molecule has 3 fully saturated rings. The fraction of sp³-hybridized carbons (Fsp3) is 0.536. The first-order valence-electron chi connectivity index (χ1n) is 12.4. The molecule has 0 spiro atoms. The Morgan fingerprint density at radius 1 is 1.18 bits per heavy atom. The second-order valence-corrected chi connectivity index (χ2v) is 10.4. The monoisotopic (exact) mass is 448 g/mol. The van der Waals surface area contributed by atoms with E-state index < -0.39 is 6.10 Å². The first kappa shape index (κ1) is 22.4. The van der Waals surface area contributed by atoms with Crippen LogP contribution in [0.2, 0.25) is 0 Å². The summed E-state index contributed by atoms with van der Waals surface area (Å²) in [4.78, 5) is 17.7. The fourth-order valence-corrected chi connectivity index (χ4v) is 6.26. The molecule has 2 saturated carbocycles. The Hall–Kier alpha value is -2.37. The zero-order chi connectivity index (χ0) is 23.0. The molecule has 1 aliphatic heterocycles. The van der Waals surface area contributed by atoms with Crippen LogP contribution in [0.3, 0.4) is 0 Å². The first-order valence-corrected chi connectivity index (χ1v) is 12.4. The van der Waals surface area contributed by atoms with Crippen molar-refractivity contribution in [2.24, 2.45) is 11.8 Å². The summed E-state index contributed by atoms with van der Waals surface area (Å²) >= 11 is 0. The normalized spacial score (nSPS) is 29.8. The molecule has 2 aliphatic carbocycles. The standard InChI is InChI=1S/C28H36N2O3/c1-29(27(32)21-7-4-3-5-8-21)23-16-26(31)25-19-30(18-20-11-12-20)14-13-28(25,17-23)22-9-6-10-24(15-22)33-2/h3-10,15,20,23,25-26,31H,11-14,16-19H2,1-2H3. The van der Waals surface area contributed by atoms with E-state index in [1.165, 1.54) is 18.4 Å². The zero-order valence-electron chi connectivity index (χ0n) is 19.8. The fourth-order valence-electron chi connectivity index (χ4n) is 6.26. The average molecular weight is 449 g/mol. The van der Waals surface area contributed by atoms with Crippen LogP contribution < -0.4 is 4.74 Å². The van der Waals surface area contributed by atoms with E-state index in [2.05, 4.69) is 23.1 Å². The average Bonchev–Trinajstić information content (AvgIpc) is 3.68. The van der Waals surface area contributed by atoms with E-state index in [0.29, 0.717) is 12.0 Å². The number of hydrogen-bond donors (Lipinski definition) is 1.